The molecule has 0 aromatic heterocycles. The molecule has 0 aromatic carbocycles. The van der Waals surface area contributed by atoms with Gasteiger partial charge in [0.1, 0.15) is 0 Å². The number of carbonyl (C=O) groups is 1. The third-order valence-electron chi connectivity index (χ3n) is 1.44. The number of nitrogens with zero attached hydrogens (tertiary/aromatic N) is 1. The molecule has 0 radical (unpaired) electrons. The molecule has 0 aromatic rings. The van der Waals surface area contributed by atoms with Crippen LogP contribution in [0.15, 0.2) is 23.9 Å². The van der Waals surface area contributed by atoms with E-state index in [1.807, 2.05) is 0 Å². The fourth-order valence-electron chi connectivity index (χ4n) is 0.839. The van der Waals surface area contributed by atoms with Gasteiger partial charge in [0.05, 0.1) is 14.2 Å². The summed E-state index contributed by atoms with van der Waals surface area (Å²) in [4.78, 5) is 10.6. The second-order valence-corrected chi connectivity index (χ2v) is 2.17. The summed E-state index contributed by atoms with van der Waals surface area (Å²) < 4.78 is 9.61. The molecule has 0 atom stereocenters. The summed E-state index contributed by atoms with van der Waals surface area (Å²) in [5.74, 6) is 0.525. The molecule has 0 spiro atoms. The van der Waals surface area contributed by atoms with Crippen LogP contribution >= 0.6 is 0 Å². The van der Waals surface area contributed by atoms with Gasteiger partial charge in [0.25, 0.3) is 0 Å². The number of hydrogen-bond acceptors (Lipinski definition) is 4. The largest absolute Gasteiger partial charge is 0.481 e. The lowest BCUT2D eigenvalue weighted by molar-refractivity contribution is 0.0755. The quantitative estimate of drug-likeness (QED) is 0.655. The van der Waals surface area contributed by atoms with Crippen molar-refractivity contribution in [1.82, 2.24) is 10.4 Å². The first-order valence-corrected chi connectivity index (χ1v) is 3.48. The molecule has 0 saturated carbocycles. The Hall–Kier alpha value is -1.85. The number of ether oxygens (including phenoxy) is 2. The summed E-state index contributed by atoms with van der Waals surface area (Å²) in [6.45, 7) is 0. The molecule has 1 aliphatic rings. The van der Waals surface area contributed by atoms with Crippen molar-refractivity contribution in [1.29, 1.82) is 0 Å². The highest BCUT2D eigenvalue weighted by atomic mass is 16.5. The van der Waals surface area contributed by atoms with Crippen molar-refractivity contribution >= 4 is 6.09 Å². The Balaban J connectivity index is 2.84. The third kappa shape index (κ3) is 1.84. The summed E-state index contributed by atoms with van der Waals surface area (Å²) in [6.07, 6.45) is 1.89. The maximum atomic E-state index is 10.6. The lowest BCUT2D eigenvalue weighted by Gasteiger charge is -2.25. The highest BCUT2D eigenvalue weighted by Gasteiger charge is 2.21. The van der Waals surface area contributed by atoms with Gasteiger partial charge in [-0.2, -0.15) is 5.01 Å². The molecule has 72 valence electrons. The zero-order valence-electron chi connectivity index (χ0n) is 7.27. The fourth-order valence-corrected chi connectivity index (χ4v) is 0.839. The Morgan fingerprint density at radius 2 is 2.15 bits per heavy atom. The summed E-state index contributed by atoms with van der Waals surface area (Å²) in [6, 6.07) is 0. The molecule has 13 heavy (non-hydrogen) atoms. The molecular formula is C7H10N2O4. The molecule has 6 nitrogen and oxygen atoms in total. The van der Waals surface area contributed by atoms with E-state index >= 15 is 0 Å². The fraction of sp³-hybridized carbons (Fsp3) is 0.286. The van der Waals surface area contributed by atoms with Crippen LogP contribution in [0.25, 0.3) is 0 Å². The van der Waals surface area contributed by atoms with Gasteiger partial charge in [0, 0.05) is 12.2 Å². The van der Waals surface area contributed by atoms with E-state index in [2.05, 4.69) is 5.43 Å². The lowest BCUT2D eigenvalue weighted by Crippen LogP contribution is -2.43. The summed E-state index contributed by atoms with van der Waals surface area (Å²) in [7, 11) is 2.82. The van der Waals surface area contributed by atoms with Gasteiger partial charge in [0.15, 0.2) is 0 Å². The molecule has 1 heterocycles. The normalized spacial score (nSPS) is 15.4. The van der Waals surface area contributed by atoms with Gasteiger partial charge in [-0.25, -0.2) is 4.79 Å². The van der Waals surface area contributed by atoms with Crippen molar-refractivity contribution < 1.29 is 19.4 Å². The van der Waals surface area contributed by atoms with Gasteiger partial charge < -0.3 is 14.6 Å². The topological polar surface area (TPSA) is 71.0 Å². The number of nitrogens with one attached hydrogen (secondary N) is 1. The SMILES string of the molecule is COC1=CC=C(OC)N(C(=O)O)N1. The monoisotopic (exact) mass is 186 g/mol. The second kappa shape index (κ2) is 3.70. The molecule has 1 aliphatic heterocycles. The van der Waals surface area contributed by atoms with Gasteiger partial charge in [-0.3, -0.25) is 5.43 Å². The van der Waals surface area contributed by atoms with Crippen molar-refractivity contribution in [3.8, 4) is 0 Å². The molecule has 0 unspecified atom stereocenters. The molecule has 0 fully saturated rings. The first-order chi connectivity index (χ1) is 6.19. The highest BCUT2D eigenvalue weighted by molar-refractivity contribution is 5.67. The van der Waals surface area contributed by atoms with Crippen LogP contribution in [0, 0.1) is 0 Å². The van der Waals surface area contributed by atoms with Crippen LogP contribution in [0.2, 0.25) is 0 Å². The van der Waals surface area contributed by atoms with Crippen LogP contribution in [0.1, 0.15) is 0 Å². The number of amides is 1. The van der Waals surface area contributed by atoms with Crippen molar-refractivity contribution in [3.05, 3.63) is 23.9 Å². The van der Waals surface area contributed by atoms with Crippen molar-refractivity contribution in [2.75, 3.05) is 14.2 Å². The van der Waals surface area contributed by atoms with E-state index in [9.17, 15) is 4.79 Å². The smallest absolute Gasteiger partial charge is 0.433 e. The molecule has 0 bridgehead atoms. The molecule has 0 aliphatic carbocycles. The summed E-state index contributed by atoms with van der Waals surface area (Å²) >= 11 is 0. The number of hydrazine groups is 1. The minimum absolute atomic E-state index is 0.188. The number of methoxy groups -OCH3 is 2. The standard InChI is InChI=1S/C7H10N2O4/c1-12-5-3-4-6(13-2)9(8-5)7(10)11/h3-4,8H,1-2H3,(H,10,11). The third-order valence-corrected chi connectivity index (χ3v) is 1.44. The Morgan fingerprint density at radius 1 is 1.46 bits per heavy atom. The van der Waals surface area contributed by atoms with E-state index in [-0.39, 0.29) is 5.88 Å². The van der Waals surface area contributed by atoms with Crippen molar-refractivity contribution in [2.45, 2.75) is 0 Å². The van der Waals surface area contributed by atoms with E-state index in [1.165, 1.54) is 20.3 Å². The first-order valence-electron chi connectivity index (χ1n) is 3.48. The van der Waals surface area contributed by atoms with E-state index in [1.54, 1.807) is 6.08 Å². The second-order valence-electron chi connectivity index (χ2n) is 2.17. The lowest BCUT2D eigenvalue weighted by atomic mass is 10.4. The number of rotatable bonds is 2. The van der Waals surface area contributed by atoms with Gasteiger partial charge >= 0.3 is 6.09 Å². The predicted molar refractivity (Wildman–Crippen MR) is 43.2 cm³/mol. The van der Waals surface area contributed by atoms with E-state index in [0.29, 0.717) is 5.88 Å². The van der Waals surface area contributed by atoms with Crippen LogP contribution in [0.5, 0.6) is 0 Å². The van der Waals surface area contributed by atoms with E-state index in [4.69, 9.17) is 14.6 Å². The highest BCUT2D eigenvalue weighted by Crippen LogP contribution is 2.10. The van der Waals surface area contributed by atoms with Crippen LogP contribution in [-0.2, 0) is 9.47 Å². The molecule has 1 rings (SSSR count). The van der Waals surface area contributed by atoms with Crippen LogP contribution < -0.4 is 5.43 Å². The molecule has 2 N–H and O–H groups in total. The van der Waals surface area contributed by atoms with Gasteiger partial charge in [-0.05, 0) is 0 Å². The zero-order chi connectivity index (χ0) is 9.84. The minimum atomic E-state index is -1.17. The average Bonchev–Trinajstić information content (AvgIpc) is 2.16. The first kappa shape index (κ1) is 9.24. The van der Waals surface area contributed by atoms with E-state index < -0.39 is 6.09 Å². The molecule has 0 saturated heterocycles. The number of hydrogen-bond donors (Lipinski definition) is 2. The maximum absolute atomic E-state index is 10.6. The van der Waals surface area contributed by atoms with Gasteiger partial charge in [-0.1, -0.05) is 0 Å². The molecular weight excluding hydrogens is 176 g/mol. The Bertz CT molecular complexity index is 272. The molecule has 6 heteroatoms. The Labute approximate surface area is 75.0 Å². The zero-order valence-corrected chi connectivity index (χ0v) is 7.27. The van der Waals surface area contributed by atoms with Gasteiger partial charge in [0.2, 0.25) is 11.8 Å². The maximum Gasteiger partial charge on any atom is 0.433 e. The van der Waals surface area contributed by atoms with Crippen LogP contribution in [0.4, 0.5) is 4.79 Å². The van der Waals surface area contributed by atoms with Crippen molar-refractivity contribution in [3.63, 3.8) is 0 Å². The summed E-state index contributed by atoms with van der Waals surface area (Å²) in [5.41, 5.74) is 2.48. The average molecular weight is 186 g/mol. The summed E-state index contributed by atoms with van der Waals surface area (Å²) in [5, 5.41) is 9.53. The Morgan fingerprint density at radius 3 is 2.62 bits per heavy atom. The molecule has 1 amide bonds. The van der Waals surface area contributed by atoms with Crippen molar-refractivity contribution in [2.24, 2.45) is 0 Å². The van der Waals surface area contributed by atoms with E-state index in [0.717, 1.165) is 5.01 Å². The van der Waals surface area contributed by atoms with Gasteiger partial charge in [-0.15, -0.1) is 0 Å². The van der Waals surface area contributed by atoms with Crippen LogP contribution in [0.3, 0.4) is 0 Å². The minimum Gasteiger partial charge on any atom is -0.481 e. The number of allylic oxidation sites excluding steroid dienone is 2. The number of carboxylic acid groups (broad SMARTS) is 1. The Kier molecular flexibility index (Phi) is 2.63. The van der Waals surface area contributed by atoms with Crippen LogP contribution in [-0.4, -0.2) is 30.4 Å². The predicted octanol–water partition coefficient (Wildman–Crippen LogP) is 0.460.